The number of halogens is 1. The number of hydrogen-bond acceptors (Lipinski definition) is 5. The predicted octanol–water partition coefficient (Wildman–Crippen LogP) is 7.62. The molecule has 3 unspecified atom stereocenters. The van der Waals surface area contributed by atoms with Crippen molar-refractivity contribution >= 4 is 40.9 Å². The normalized spacial score (nSPS) is 20.8. The van der Waals surface area contributed by atoms with Crippen molar-refractivity contribution in [2.24, 2.45) is 11.8 Å². The van der Waals surface area contributed by atoms with Gasteiger partial charge in [0, 0.05) is 40.8 Å². The smallest absolute Gasteiger partial charge is 0.261 e. The third-order valence-corrected chi connectivity index (χ3v) is 8.66. The minimum absolute atomic E-state index is 0.0546. The Morgan fingerprint density at radius 2 is 2.00 bits per heavy atom. The van der Waals surface area contributed by atoms with E-state index in [0.29, 0.717) is 17.4 Å². The molecule has 210 valence electrons. The van der Waals surface area contributed by atoms with Gasteiger partial charge in [-0.15, -0.1) is 0 Å². The summed E-state index contributed by atoms with van der Waals surface area (Å²) in [7, 11) is 0. The molecule has 1 heterocycles. The topological polar surface area (TPSA) is 58.6 Å². The van der Waals surface area contributed by atoms with Gasteiger partial charge in [0.1, 0.15) is 5.75 Å². The lowest BCUT2D eigenvalue weighted by Gasteiger charge is -2.40. The molecule has 1 fully saturated rings. The molecule has 39 heavy (non-hydrogen) atoms. The summed E-state index contributed by atoms with van der Waals surface area (Å²) in [6.07, 6.45) is 8.54. The van der Waals surface area contributed by atoms with Gasteiger partial charge in [-0.05, 0) is 91.1 Å². The second kappa shape index (κ2) is 13.8. The fraction of sp³-hybridized carbons (Fsp3) is 0.500. The number of anilines is 1. The SMILES string of the molecule is CC/C=C/C(=O)C1CCC1CN1CC(c2ccc(Cl)cc2CCC)COc2ccc(C(=O)NSC(C)C)cc21. The number of carbonyl (C=O) groups excluding carboxylic acids is 2. The van der Waals surface area contributed by atoms with Crippen LogP contribution in [0.1, 0.15) is 80.8 Å². The van der Waals surface area contributed by atoms with Crippen LogP contribution in [-0.2, 0) is 11.2 Å². The molecule has 2 aromatic carbocycles. The molecule has 0 bridgehead atoms. The van der Waals surface area contributed by atoms with Crippen LogP contribution in [0.25, 0.3) is 0 Å². The van der Waals surface area contributed by atoms with E-state index in [1.54, 1.807) is 6.08 Å². The maximum absolute atomic E-state index is 12.9. The summed E-state index contributed by atoms with van der Waals surface area (Å²) >= 11 is 7.79. The first-order valence-electron chi connectivity index (χ1n) is 14.3. The zero-order valence-electron chi connectivity index (χ0n) is 23.5. The Balaban J connectivity index is 1.65. The Morgan fingerprint density at radius 1 is 1.18 bits per heavy atom. The summed E-state index contributed by atoms with van der Waals surface area (Å²) in [6, 6.07) is 11.9. The number of allylic oxidation sites excluding steroid dienone is 2. The van der Waals surface area contributed by atoms with E-state index >= 15 is 0 Å². The van der Waals surface area contributed by atoms with Crippen molar-refractivity contribution in [2.75, 3.05) is 24.6 Å². The number of nitrogens with one attached hydrogen (secondary N) is 1. The highest BCUT2D eigenvalue weighted by atomic mass is 35.5. The Kier molecular flexibility index (Phi) is 10.4. The zero-order valence-corrected chi connectivity index (χ0v) is 25.1. The van der Waals surface area contributed by atoms with Crippen LogP contribution in [-0.4, -0.2) is 36.6 Å². The maximum Gasteiger partial charge on any atom is 0.261 e. The molecule has 1 aliphatic heterocycles. The highest BCUT2D eigenvalue weighted by Crippen LogP contribution is 2.41. The van der Waals surface area contributed by atoms with Crippen LogP contribution in [0.15, 0.2) is 48.6 Å². The van der Waals surface area contributed by atoms with E-state index in [9.17, 15) is 9.59 Å². The number of benzene rings is 2. The Labute approximate surface area is 242 Å². The van der Waals surface area contributed by atoms with E-state index in [1.165, 1.54) is 23.1 Å². The van der Waals surface area contributed by atoms with Crippen LogP contribution < -0.4 is 14.4 Å². The lowest BCUT2D eigenvalue weighted by Crippen LogP contribution is -2.42. The van der Waals surface area contributed by atoms with E-state index < -0.39 is 0 Å². The number of ketones is 1. The molecule has 1 saturated carbocycles. The molecule has 4 rings (SSSR count). The van der Waals surface area contributed by atoms with E-state index in [-0.39, 0.29) is 29.4 Å². The van der Waals surface area contributed by atoms with Crippen molar-refractivity contribution in [1.29, 1.82) is 0 Å². The largest absolute Gasteiger partial charge is 0.491 e. The highest BCUT2D eigenvalue weighted by molar-refractivity contribution is 7.98. The molecule has 2 aliphatic rings. The van der Waals surface area contributed by atoms with Crippen LogP contribution in [0, 0.1) is 11.8 Å². The van der Waals surface area contributed by atoms with Gasteiger partial charge >= 0.3 is 0 Å². The average Bonchev–Trinajstić information content (AvgIpc) is 3.08. The Bertz CT molecular complexity index is 1200. The summed E-state index contributed by atoms with van der Waals surface area (Å²) in [5.41, 5.74) is 4.06. The van der Waals surface area contributed by atoms with Crippen molar-refractivity contribution in [3.63, 3.8) is 0 Å². The van der Waals surface area contributed by atoms with Crippen LogP contribution in [0.4, 0.5) is 5.69 Å². The van der Waals surface area contributed by atoms with Gasteiger partial charge in [0.15, 0.2) is 5.78 Å². The van der Waals surface area contributed by atoms with Gasteiger partial charge in [0.05, 0.1) is 12.3 Å². The van der Waals surface area contributed by atoms with E-state index in [0.717, 1.165) is 61.7 Å². The second-order valence-corrected chi connectivity index (χ2v) is 12.8. The molecular formula is C32H41ClN2O3S. The summed E-state index contributed by atoms with van der Waals surface area (Å²) < 4.78 is 9.37. The van der Waals surface area contributed by atoms with Gasteiger partial charge in [-0.1, -0.05) is 57.9 Å². The first kappa shape index (κ1) is 29.5. The number of rotatable bonds is 11. The quantitative estimate of drug-likeness (QED) is 0.223. The van der Waals surface area contributed by atoms with Crippen molar-refractivity contribution in [3.8, 4) is 5.75 Å². The number of nitrogens with zero attached hydrogens (tertiary/aromatic N) is 1. The van der Waals surface area contributed by atoms with Crippen LogP contribution >= 0.6 is 23.5 Å². The number of fused-ring (bicyclic) bond motifs is 1. The van der Waals surface area contributed by atoms with E-state index in [1.807, 2.05) is 51.1 Å². The molecule has 1 aliphatic carbocycles. The van der Waals surface area contributed by atoms with Crippen LogP contribution in [0.3, 0.4) is 0 Å². The molecule has 0 aromatic heterocycles. The average molecular weight is 569 g/mol. The van der Waals surface area contributed by atoms with Gasteiger partial charge in [0.2, 0.25) is 0 Å². The van der Waals surface area contributed by atoms with E-state index in [4.69, 9.17) is 16.3 Å². The van der Waals surface area contributed by atoms with Gasteiger partial charge in [0.25, 0.3) is 5.91 Å². The van der Waals surface area contributed by atoms with Gasteiger partial charge < -0.3 is 9.64 Å². The lowest BCUT2D eigenvalue weighted by atomic mass is 9.71. The Hall–Kier alpha value is -2.44. The van der Waals surface area contributed by atoms with Crippen molar-refractivity contribution in [3.05, 3.63) is 70.3 Å². The maximum atomic E-state index is 12.9. The first-order chi connectivity index (χ1) is 18.8. The standard InChI is InChI=1S/C32H41ClN2O3S/c1-5-7-9-30(36)28-13-10-24(28)18-35-19-25(27-14-12-26(33)16-22(27)8-6-2)20-38-31-15-11-23(17-29(31)35)32(37)34-39-21(3)4/h7,9,11-12,14-17,21,24-25,28H,5-6,8,10,13,18-20H2,1-4H3,(H,34,37)/b9-7+. The predicted molar refractivity (Wildman–Crippen MR) is 163 cm³/mol. The number of amides is 1. The van der Waals surface area contributed by atoms with Crippen molar-refractivity contribution in [2.45, 2.75) is 71.0 Å². The lowest BCUT2D eigenvalue weighted by molar-refractivity contribution is -0.122. The summed E-state index contributed by atoms with van der Waals surface area (Å²) in [6.45, 7) is 10.4. The minimum Gasteiger partial charge on any atom is -0.491 e. The zero-order chi connectivity index (χ0) is 27.9. The van der Waals surface area contributed by atoms with Gasteiger partial charge in [-0.2, -0.15) is 0 Å². The third-order valence-electron chi connectivity index (χ3n) is 7.65. The molecule has 3 atom stereocenters. The van der Waals surface area contributed by atoms with Crippen LogP contribution in [0.2, 0.25) is 5.02 Å². The van der Waals surface area contributed by atoms with Crippen molar-refractivity contribution in [1.82, 2.24) is 4.72 Å². The number of hydrogen-bond donors (Lipinski definition) is 1. The monoisotopic (exact) mass is 568 g/mol. The summed E-state index contributed by atoms with van der Waals surface area (Å²) in [4.78, 5) is 28.2. The fourth-order valence-electron chi connectivity index (χ4n) is 5.49. The minimum atomic E-state index is -0.110. The molecular weight excluding hydrogens is 528 g/mol. The molecule has 1 N–H and O–H groups in total. The number of aryl methyl sites for hydroxylation is 1. The van der Waals surface area contributed by atoms with E-state index in [2.05, 4.69) is 28.7 Å². The van der Waals surface area contributed by atoms with Gasteiger partial charge in [-0.3, -0.25) is 14.3 Å². The fourth-order valence-corrected chi connectivity index (χ4v) is 6.14. The van der Waals surface area contributed by atoms with Crippen LogP contribution in [0.5, 0.6) is 5.75 Å². The number of ether oxygens (including phenoxy) is 1. The van der Waals surface area contributed by atoms with Gasteiger partial charge in [-0.25, -0.2) is 0 Å². The second-order valence-electron chi connectivity index (χ2n) is 10.9. The molecule has 1 amide bonds. The molecule has 0 radical (unpaired) electrons. The molecule has 5 nitrogen and oxygen atoms in total. The first-order valence-corrected chi connectivity index (χ1v) is 15.5. The molecule has 2 aromatic rings. The highest BCUT2D eigenvalue weighted by Gasteiger charge is 2.38. The van der Waals surface area contributed by atoms with Crippen molar-refractivity contribution < 1.29 is 14.3 Å². The summed E-state index contributed by atoms with van der Waals surface area (Å²) in [5, 5.41) is 1.05. The Morgan fingerprint density at radius 3 is 2.69 bits per heavy atom. The molecule has 0 saturated heterocycles. The summed E-state index contributed by atoms with van der Waals surface area (Å²) in [5.74, 6) is 1.38. The molecule has 7 heteroatoms. The number of carbonyl (C=O) groups is 2. The third kappa shape index (κ3) is 7.40. The molecule has 0 spiro atoms.